The second-order valence-electron chi connectivity index (χ2n) is 6.66. The number of nitrogens with zero attached hydrogens (tertiary/aromatic N) is 4. The molecule has 0 atom stereocenters. The number of hydrogen-bond donors (Lipinski definition) is 1. The highest BCUT2D eigenvalue weighted by Crippen LogP contribution is 2.30. The fourth-order valence-corrected chi connectivity index (χ4v) is 3.25. The van der Waals surface area contributed by atoms with Gasteiger partial charge in [0.2, 0.25) is 5.89 Å². The highest BCUT2D eigenvalue weighted by molar-refractivity contribution is 5.98. The highest BCUT2D eigenvalue weighted by Gasteiger charge is 2.16. The van der Waals surface area contributed by atoms with Crippen LogP contribution in [0.3, 0.4) is 0 Å². The predicted molar refractivity (Wildman–Crippen MR) is 114 cm³/mol. The molecule has 0 amide bonds. The van der Waals surface area contributed by atoms with Crippen LogP contribution in [0.4, 0.5) is 5.82 Å². The molecule has 0 unspecified atom stereocenters. The number of anilines is 1. The number of hydrogen-bond acceptors (Lipinski definition) is 8. The Hall–Kier alpha value is -3.68. The Balaban J connectivity index is 1.55. The summed E-state index contributed by atoms with van der Waals surface area (Å²) in [6, 6.07) is 13.8. The molecule has 0 aliphatic heterocycles. The molecule has 0 bridgehead atoms. The lowest BCUT2D eigenvalue weighted by Gasteiger charge is -2.11. The molecule has 154 valence electrons. The number of aromatic nitrogens is 4. The van der Waals surface area contributed by atoms with E-state index in [1.54, 1.807) is 14.2 Å². The van der Waals surface area contributed by atoms with Crippen LogP contribution >= 0.6 is 0 Å². The van der Waals surface area contributed by atoms with Crippen molar-refractivity contribution in [3.8, 4) is 23.1 Å². The summed E-state index contributed by atoms with van der Waals surface area (Å²) in [5.74, 6) is 3.11. The van der Waals surface area contributed by atoms with Crippen LogP contribution in [-0.4, -0.2) is 41.2 Å². The maximum absolute atomic E-state index is 5.68. The summed E-state index contributed by atoms with van der Waals surface area (Å²) in [4.78, 5) is 0. The van der Waals surface area contributed by atoms with E-state index < -0.39 is 0 Å². The molecule has 2 aromatic heterocycles. The molecule has 0 saturated heterocycles. The topological polar surface area (TPSA) is 95.2 Å². The average Bonchev–Trinajstić information content (AvgIpc) is 3.28. The van der Waals surface area contributed by atoms with Gasteiger partial charge in [0.1, 0.15) is 0 Å². The molecular formula is C22H23N5O3. The largest absolute Gasteiger partial charge is 0.493 e. The van der Waals surface area contributed by atoms with Gasteiger partial charge in [0.15, 0.2) is 23.0 Å². The second-order valence-corrected chi connectivity index (χ2v) is 6.66. The van der Waals surface area contributed by atoms with Gasteiger partial charge in [-0.2, -0.15) is 0 Å². The first-order chi connectivity index (χ1) is 14.7. The molecule has 0 radical (unpaired) electrons. The van der Waals surface area contributed by atoms with Crippen LogP contribution in [0.1, 0.15) is 18.4 Å². The van der Waals surface area contributed by atoms with Crippen LogP contribution in [0.15, 0.2) is 46.9 Å². The van der Waals surface area contributed by atoms with Gasteiger partial charge >= 0.3 is 0 Å². The summed E-state index contributed by atoms with van der Waals surface area (Å²) in [7, 11) is 3.26. The second kappa shape index (κ2) is 8.77. The van der Waals surface area contributed by atoms with Crippen LogP contribution in [0, 0.1) is 0 Å². The molecule has 0 fully saturated rings. The third-order valence-electron chi connectivity index (χ3n) is 4.81. The molecule has 8 heteroatoms. The molecule has 4 rings (SSSR count). The number of fused-ring (bicyclic) bond motifs is 1. The van der Waals surface area contributed by atoms with E-state index in [4.69, 9.17) is 13.9 Å². The molecule has 2 aromatic carbocycles. The molecule has 30 heavy (non-hydrogen) atoms. The lowest BCUT2D eigenvalue weighted by molar-refractivity contribution is 0.354. The fourth-order valence-electron chi connectivity index (χ4n) is 3.25. The summed E-state index contributed by atoms with van der Waals surface area (Å²) in [6.07, 6.45) is 1.47. The molecule has 0 saturated carbocycles. The van der Waals surface area contributed by atoms with E-state index >= 15 is 0 Å². The first kappa shape index (κ1) is 19.6. The number of aryl methyl sites for hydroxylation is 1. The summed E-state index contributed by atoms with van der Waals surface area (Å²) in [6.45, 7) is 2.65. The van der Waals surface area contributed by atoms with Gasteiger partial charge in [-0.15, -0.1) is 20.4 Å². The standard InChI is InChI=1S/C22H23N5O3/c1-4-19-24-27-22(30-19)20-15-7-5-6-8-16(15)21(26-25-20)23-12-11-14-9-10-17(28-2)18(13-14)29-3/h5-10,13H,4,11-12H2,1-3H3,(H,23,26). The molecule has 0 aliphatic rings. The van der Waals surface area contributed by atoms with E-state index in [1.807, 2.05) is 49.4 Å². The Kier molecular flexibility index (Phi) is 5.74. The van der Waals surface area contributed by atoms with Crippen molar-refractivity contribution in [3.63, 3.8) is 0 Å². The third-order valence-corrected chi connectivity index (χ3v) is 4.81. The summed E-state index contributed by atoms with van der Waals surface area (Å²) >= 11 is 0. The van der Waals surface area contributed by atoms with Crippen molar-refractivity contribution in [2.75, 3.05) is 26.1 Å². The fraction of sp³-hybridized carbons (Fsp3) is 0.273. The molecule has 4 aromatic rings. The van der Waals surface area contributed by atoms with E-state index in [-0.39, 0.29) is 0 Å². The van der Waals surface area contributed by atoms with Gasteiger partial charge in [0, 0.05) is 23.7 Å². The molecule has 0 aliphatic carbocycles. The van der Waals surface area contributed by atoms with E-state index in [2.05, 4.69) is 25.7 Å². The number of nitrogens with one attached hydrogen (secondary N) is 1. The lowest BCUT2D eigenvalue weighted by Crippen LogP contribution is -2.08. The van der Waals surface area contributed by atoms with Crippen LogP contribution < -0.4 is 14.8 Å². The zero-order valence-corrected chi connectivity index (χ0v) is 17.2. The molecule has 8 nitrogen and oxygen atoms in total. The van der Waals surface area contributed by atoms with Crippen LogP contribution in [0.2, 0.25) is 0 Å². The maximum Gasteiger partial charge on any atom is 0.268 e. The number of benzene rings is 2. The molecule has 0 spiro atoms. The monoisotopic (exact) mass is 405 g/mol. The minimum atomic E-state index is 0.382. The highest BCUT2D eigenvalue weighted by atomic mass is 16.5. The molecule has 1 N–H and O–H groups in total. The van der Waals surface area contributed by atoms with Gasteiger partial charge in [-0.3, -0.25) is 0 Å². The Morgan fingerprint density at radius 1 is 0.900 bits per heavy atom. The first-order valence-electron chi connectivity index (χ1n) is 9.76. The zero-order chi connectivity index (χ0) is 20.9. The minimum absolute atomic E-state index is 0.382. The predicted octanol–water partition coefficient (Wildman–Crippen LogP) is 3.91. The van der Waals surface area contributed by atoms with Gasteiger partial charge in [0.25, 0.3) is 5.89 Å². The molecule has 2 heterocycles. The normalized spacial score (nSPS) is 10.9. The van der Waals surface area contributed by atoms with Crippen LogP contribution in [0.5, 0.6) is 11.5 Å². The van der Waals surface area contributed by atoms with E-state index in [1.165, 1.54) is 0 Å². The molecular weight excluding hydrogens is 382 g/mol. The minimum Gasteiger partial charge on any atom is -0.493 e. The number of methoxy groups -OCH3 is 2. The number of ether oxygens (including phenoxy) is 2. The van der Waals surface area contributed by atoms with Gasteiger partial charge in [-0.25, -0.2) is 0 Å². The van der Waals surface area contributed by atoms with Crippen molar-refractivity contribution in [2.24, 2.45) is 0 Å². The van der Waals surface area contributed by atoms with Crippen molar-refractivity contribution in [1.29, 1.82) is 0 Å². The Labute approximate surface area is 174 Å². The zero-order valence-electron chi connectivity index (χ0n) is 17.2. The Morgan fingerprint density at radius 3 is 2.43 bits per heavy atom. The van der Waals surface area contributed by atoms with Crippen LogP contribution in [0.25, 0.3) is 22.4 Å². The van der Waals surface area contributed by atoms with Crippen molar-refractivity contribution >= 4 is 16.6 Å². The SMILES string of the molecule is CCc1nnc(-c2nnc(NCCc3ccc(OC)c(OC)c3)c3ccccc23)o1. The van der Waals surface area contributed by atoms with Crippen molar-refractivity contribution in [2.45, 2.75) is 19.8 Å². The lowest BCUT2D eigenvalue weighted by atomic mass is 10.1. The van der Waals surface area contributed by atoms with Gasteiger partial charge in [-0.05, 0) is 24.1 Å². The van der Waals surface area contributed by atoms with E-state index in [9.17, 15) is 0 Å². The summed E-state index contributed by atoms with van der Waals surface area (Å²) in [5, 5.41) is 22.1. The van der Waals surface area contributed by atoms with Crippen molar-refractivity contribution < 1.29 is 13.9 Å². The summed E-state index contributed by atoms with van der Waals surface area (Å²) in [5.41, 5.74) is 1.72. The summed E-state index contributed by atoms with van der Waals surface area (Å²) < 4.78 is 16.3. The maximum atomic E-state index is 5.68. The van der Waals surface area contributed by atoms with E-state index in [0.717, 1.165) is 28.5 Å². The third kappa shape index (κ3) is 3.89. The Bertz CT molecular complexity index is 1160. The van der Waals surface area contributed by atoms with E-state index in [0.29, 0.717) is 42.0 Å². The van der Waals surface area contributed by atoms with Crippen molar-refractivity contribution in [3.05, 3.63) is 53.9 Å². The van der Waals surface area contributed by atoms with Crippen LogP contribution in [-0.2, 0) is 12.8 Å². The average molecular weight is 405 g/mol. The number of rotatable bonds is 8. The smallest absolute Gasteiger partial charge is 0.268 e. The van der Waals surface area contributed by atoms with Gasteiger partial charge < -0.3 is 19.2 Å². The van der Waals surface area contributed by atoms with Gasteiger partial charge in [-0.1, -0.05) is 37.3 Å². The quantitative estimate of drug-likeness (QED) is 0.471. The first-order valence-corrected chi connectivity index (χ1v) is 9.76. The van der Waals surface area contributed by atoms with Crippen molar-refractivity contribution in [1.82, 2.24) is 20.4 Å². The van der Waals surface area contributed by atoms with Gasteiger partial charge in [0.05, 0.1) is 14.2 Å². The Morgan fingerprint density at radius 2 is 1.70 bits per heavy atom.